The van der Waals surface area contributed by atoms with Gasteiger partial charge in [0.05, 0.1) is 20.8 Å². The molecule has 0 saturated heterocycles. The number of nitrogens with one attached hydrogen (secondary N) is 1. The van der Waals surface area contributed by atoms with Crippen molar-refractivity contribution in [2.24, 2.45) is 0 Å². The van der Waals surface area contributed by atoms with Gasteiger partial charge in [-0.05, 0) is 31.0 Å². The average Bonchev–Trinajstić information content (AvgIpc) is 2.40. The Balaban J connectivity index is 2.62. The van der Waals surface area contributed by atoms with E-state index in [1.54, 1.807) is 20.3 Å². The smallest absolute Gasteiger partial charge is 0.125 e. The molecule has 0 aliphatic rings. The molecule has 0 unspecified atom stereocenters. The maximum Gasteiger partial charge on any atom is 0.125 e. The van der Waals surface area contributed by atoms with Gasteiger partial charge in [0.15, 0.2) is 0 Å². The first-order valence-electron chi connectivity index (χ1n) is 5.90. The van der Waals surface area contributed by atoms with Gasteiger partial charge >= 0.3 is 0 Å². The molecule has 100 valence electrons. The molecule has 1 rings (SSSR count). The van der Waals surface area contributed by atoms with Crippen molar-refractivity contribution in [3.63, 3.8) is 0 Å². The molecular formula is C14H21NO3. The van der Waals surface area contributed by atoms with Gasteiger partial charge in [0.2, 0.25) is 0 Å². The largest absolute Gasteiger partial charge is 0.496 e. The molecule has 0 aromatic heterocycles. The first-order chi connectivity index (χ1) is 8.72. The van der Waals surface area contributed by atoms with Gasteiger partial charge in [-0.15, -0.1) is 6.58 Å². The predicted molar refractivity (Wildman–Crippen MR) is 72.1 cm³/mol. The quantitative estimate of drug-likeness (QED) is 0.437. The van der Waals surface area contributed by atoms with Crippen LogP contribution in [0, 0.1) is 6.92 Å². The fourth-order valence-electron chi connectivity index (χ4n) is 1.67. The maximum atomic E-state index is 5.33. The molecule has 0 aliphatic carbocycles. The summed E-state index contributed by atoms with van der Waals surface area (Å²) in [4.78, 5) is 5.11. The molecule has 0 fully saturated rings. The van der Waals surface area contributed by atoms with Crippen molar-refractivity contribution in [1.29, 1.82) is 0 Å². The van der Waals surface area contributed by atoms with Gasteiger partial charge in [0, 0.05) is 12.1 Å². The third-order valence-electron chi connectivity index (χ3n) is 2.63. The standard InChI is InChI=1S/C14H21NO3/c1-5-8-18-15-7-6-12-9-13(16-3)11(2)14(10-12)17-4/h5,9-10,15H,1,6-8H2,2-4H3. The Morgan fingerprint density at radius 2 is 1.83 bits per heavy atom. The fourth-order valence-corrected chi connectivity index (χ4v) is 1.67. The number of ether oxygens (including phenoxy) is 2. The van der Waals surface area contributed by atoms with Gasteiger partial charge in [-0.2, -0.15) is 0 Å². The summed E-state index contributed by atoms with van der Waals surface area (Å²) in [5.41, 5.74) is 5.03. The SMILES string of the molecule is C=CCONCCc1cc(OC)c(C)c(OC)c1. The van der Waals surface area contributed by atoms with Crippen LogP contribution >= 0.6 is 0 Å². The molecule has 4 heteroatoms. The summed E-state index contributed by atoms with van der Waals surface area (Å²) in [5.74, 6) is 1.69. The molecule has 0 saturated carbocycles. The lowest BCUT2D eigenvalue weighted by atomic mass is 10.1. The van der Waals surface area contributed by atoms with Crippen molar-refractivity contribution in [3.8, 4) is 11.5 Å². The summed E-state index contributed by atoms with van der Waals surface area (Å²) >= 11 is 0. The number of methoxy groups -OCH3 is 2. The third kappa shape index (κ3) is 4.05. The molecule has 1 aromatic rings. The van der Waals surface area contributed by atoms with Crippen LogP contribution in [0.5, 0.6) is 11.5 Å². The van der Waals surface area contributed by atoms with Crippen molar-refractivity contribution in [3.05, 3.63) is 35.9 Å². The second-order valence-electron chi connectivity index (χ2n) is 3.87. The highest BCUT2D eigenvalue weighted by atomic mass is 16.6. The predicted octanol–water partition coefficient (Wildman–Crippen LogP) is 2.26. The van der Waals surface area contributed by atoms with Crippen LogP contribution in [-0.2, 0) is 11.3 Å². The van der Waals surface area contributed by atoms with Gasteiger partial charge in [-0.25, -0.2) is 5.48 Å². The first-order valence-corrected chi connectivity index (χ1v) is 5.90. The van der Waals surface area contributed by atoms with Crippen molar-refractivity contribution in [2.45, 2.75) is 13.3 Å². The molecule has 0 radical (unpaired) electrons. The van der Waals surface area contributed by atoms with E-state index in [4.69, 9.17) is 14.3 Å². The minimum atomic E-state index is 0.501. The highest BCUT2D eigenvalue weighted by Gasteiger charge is 2.07. The Hall–Kier alpha value is -1.52. The number of hydrogen-bond donors (Lipinski definition) is 1. The zero-order valence-electron chi connectivity index (χ0n) is 11.3. The Kier molecular flexibility index (Phi) is 6.25. The Morgan fingerprint density at radius 1 is 1.22 bits per heavy atom. The van der Waals surface area contributed by atoms with Crippen molar-refractivity contribution in [2.75, 3.05) is 27.4 Å². The zero-order chi connectivity index (χ0) is 13.4. The number of hydrogen-bond acceptors (Lipinski definition) is 4. The number of hydroxylamine groups is 1. The molecule has 0 spiro atoms. The van der Waals surface area contributed by atoms with Crippen molar-refractivity contribution < 1.29 is 14.3 Å². The number of rotatable bonds is 8. The monoisotopic (exact) mass is 251 g/mol. The molecule has 0 amide bonds. The lowest BCUT2D eigenvalue weighted by Gasteiger charge is -2.12. The van der Waals surface area contributed by atoms with E-state index < -0.39 is 0 Å². The molecular weight excluding hydrogens is 230 g/mol. The molecule has 0 aliphatic heterocycles. The lowest BCUT2D eigenvalue weighted by molar-refractivity contribution is 0.0636. The summed E-state index contributed by atoms with van der Waals surface area (Å²) in [5, 5.41) is 0. The van der Waals surface area contributed by atoms with Gasteiger partial charge in [0.25, 0.3) is 0 Å². The van der Waals surface area contributed by atoms with E-state index >= 15 is 0 Å². The van der Waals surface area contributed by atoms with Crippen LogP contribution in [0.2, 0.25) is 0 Å². The topological polar surface area (TPSA) is 39.7 Å². The minimum Gasteiger partial charge on any atom is -0.496 e. The molecule has 1 aromatic carbocycles. The molecule has 0 bridgehead atoms. The van der Waals surface area contributed by atoms with E-state index in [0.29, 0.717) is 6.61 Å². The van der Waals surface area contributed by atoms with Crippen LogP contribution in [-0.4, -0.2) is 27.4 Å². The molecule has 4 nitrogen and oxygen atoms in total. The van der Waals surface area contributed by atoms with Crippen LogP contribution in [0.1, 0.15) is 11.1 Å². The van der Waals surface area contributed by atoms with Crippen LogP contribution in [0.4, 0.5) is 0 Å². The zero-order valence-corrected chi connectivity index (χ0v) is 11.3. The van der Waals surface area contributed by atoms with Crippen LogP contribution in [0.3, 0.4) is 0 Å². The van der Waals surface area contributed by atoms with E-state index in [1.807, 2.05) is 19.1 Å². The van der Waals surface area contributed by atoms with E-state index in [2.05, 4.69) is 12.1 Å². The van der Waals surface area contributed by atoms with Crippen molar-refractivity contribution >= 4 is 0 Å². The fraction of sp³-hybridized carbons (Fsp3) is 0.429. The average molecular weight is 251 g/mol. The molecule has 18 heavy (non-hydrogen) atoms. The first kappa shape index (κ1) is 14.5. The van der Waals surface area contributed by atoms with Crippen LogP contribution in [0.15, 0.2) is 24.8 Å². The van der Waals surface area contributed by atoms with E-state index in [0.717, 1.165) is 35.6 Å². The summed E-state index contributed by atoms with van der Waals surface area (Å²) in [6, 6.07) is 4.04. The number of benzene rings is 1. The normalized spacial score (nSPS) is 10.2. The van der Waals surface area contributed by atoms with Gasteiger partial charge in [-0.1, -0.05) is 6.08 Å². The second-order valence-corrected chi connectivity index (χ2v) is 3.87. The molecule has 1 N–H and O–H groups in total. The summed E-state index contributed by atoms with van der Waals surface area (Å²) in [6.07, 6.45) is 2.54. The van der Waals surface area contributed by atoms with Crippen molar-refractivity contribution in [1.82, 2.24) is 5.48 Å². The Labute approximate surface area is 109 Å². The Morgan fingerprint density at radius 3 is 2.33 bits per heavy atom. The van der Waals surface area contributed by atoms with Crippen LogP contribution < -0.4 is 15.0 Å². The summed E-state index contributed by atoms with van der Waals surface area (Å²) in [7, 11) is 3.33. The van der Waals surface area contributed by atoms with E-state index in [-0.39, 0.29) is 0 Å². The van der Waals surface area contributed by atoms with Gasteiger partial charge in [0.1, 0.15) is 11.5 Å². The second kappa shape index (κ2) is 7.74. The van der Waals surface area contributed by atoms with Gasteiger partial charge < -0.3 is 9.47 Å². The Bertz CT molecular complexity index is 366. The summed E-state index contributed by atoms with van der Waals surface area (Å²) in [6.45, 7) is 6.78. The minimum absolute atomic E-state index is 0.501. The third-order valence-corrected chi connectivity index (χ3v) is 2.63. The lowest BCUT2D eigenvalue weighted by Crippen LogP contribution is -2.17. The highest BCUT2D eigenvalue weighted by Crippen LogP contribution is 2.29. The van der Waals surface area contributed by atoms with E-state index in [1.165, 1.54) is 0 Å². The van der Waals surface area contributed by atoms with Crippen LogP contribution in [0.25, 0.3) is 0 Å². The summed E-state index contributed by atoms with van der Waals surface area (Å²) < 4.78 is 10.7. The molecule has 0 heterocycles. The maximum absolute atomic E-state index is 5.33. The van der Waals surface area contributed by atoms with Gasteiger partial charge in [-0.3, -0.25) is 4.84 Å². The highest BCUT2D eigenvalue weighted by molar-refractivity contribution is 5.47. The molecule has 0 atom stereocenters. The van der Waals surface area contributed by atoms with E-state index in [9.17, 15) is 0 Å².